The van der Waals surface area contributed by atoms with E-state index in [2.05, 4.69) is 5.32 Å². The number of amides is 2. The van der Waals surface area contributed by atoms with Gasteiger partial charge in [-0.25, -0.2) is 8.42 Å². The molecule has 2 rings (SSSR count). The third-order valence-corrected chi connectivity index (χ3v) is 7.29. The van der Waals surface area contributed by atoms with Gasteiger partial charge in [0.05, 0.1) is 31.2 Å². The molecule has 0 aliphatic heterocycles. The van der Waals surface area contributed by atoms with Gasteiger partial charge in [-0.15, -0.1) is 0 Å². The number of hydrogen-bond donors (Lipinski definition) is 1. The molecule has 0 aromatic heterocycles. The molecule has 2 aromatic carbocycles. The fourth-order valence-corrected chi connectivity index (χ4v) is 5.20. The first kappa shape index (κ1) is 30.2. The highest BCUT2D eigenvalue weighted by Crippen LogP contribution is 2.30. The summed E-state index contributed by atoms with van der Waals surface area (Å²) in [5, 5.41) is 3.08. The molecule has 0 radical (unpaired) electrons. The van der Waals surface area contributed by atoms with Crippen LogP contribution >= 0.6 is 11.6 Å². The third kappa shape index (κ3) is 8.53. The molecule has 0 bridgehead atoms. The second-order valence-electron chi connectivity index (χ2n) is 8.45. The number of benzene rings is 2. The summed E-state index contributed by atoms with van der Waals surface area (Å²) in [4.78, 5) is 27.8. The lowest BCUT2D eigenvalue weighted by Crippen LogP contribution is -2.49. The first-order valence-corrected chi connectivity index (χ1v) is 14.3. The van der Waals surface area contributed by atoms with Crippen LogP contribution in [0.25, 0.3) is 0 Å². The molecule has 2 aromatic rings. The highest BCUT2D eigenvalue weighted by atomic mass is 35.5. The molecule has 1 atom stereocenters. The number of likely N-dealkylation sites (N-methyl/N-ethyl adjacent to an activating group) is 1. The molecule has 0 heterocycles. The van der Waals surface area contributed by atoms with Gasteiger partial charge in [0.15, 0.2) is 0 Å². The predicted octanol–water partition coefficient (Wildman–Crippen LogP) is 3.85. The smallest absolute Gasteiger partial charge is 0.242 e. The second-order valence-corrected chi connectivity index (χ2v) is 10.8. The van der Waals surface area contributed by atoms with Crippen molar-refractivity contribution in [2.45, 2.75) is 45.7 Å². The van der Waals surface area contributed by atoms with E-state index in [0.717, 1.165) is 11.8 Å². The number of nitrogens with one attached hydrogen (secondary N) is 1. The Morgan fingerprint density at radius 2 is 1.81 bits per heavy atom. The minimum absolute atomic E-state index is 0.0514. The van der Waals surface area contributed by atoms with Crippen LogP contribution in [0, 0.1) is 0 Å². The topological polar surface area (TPSA) is 105 Å². The normalized spacial score (nSPS) is 11.9. The lowest BCUT2D eigenvalue weighted by Gasteiger charge is -2.31. The highest BCUT2D eigenvalue weighted by Gasteiger charge is 2.28. The Morgan fingerprint density at radius 1 is 1.08 bits per heavy atom. The van der Waals surface area contributed by atoms with E-state index in [0.29, 0.717) is 30.2 Å². The summed E-state index contributed by atoms with van der Waals surface area (Å²) in [6.45, 7) is 4.41. The molecule has 0 saturated carbocycles. The molecule has 0 saturated heterocycles. The number of nitrogens with zero attached hydrogens (tertiary/aromatic N) is 2. The molecule has 0 spiro atoms. The molecule has 9 nitrogen and oxygen atoms in total. The van der Waals surface area contributed by atoms with Crippen LogP contribution in [0.2, 0.25) is 5.02 Å². The van der Waals surface area contributed by atoms with E-state index in [1.54, 1.807) is 24.1 Å². The summed E-state index contributed by atoms with van der Waals surface area (Å²) >= 11 is 6.20. The number of methoxy groups -OCH3 is 2. The minimum Gasteiger partial charge on any atom is -0.497 e. The SMILES string of the molecule is CCNC(=O)C(CC)N(Cc1cccc(OC)c1)C(=O)CCCN(c1ccc(OC)c(Cl)c1)S(C)(=O)=O. The molecule has 0 aliphatic carbocycles. The maximum atomic E-state index is 13.4. The molecule has 37 heavy (non-hydrogen) atoms. The zero-order valence-electron chi connectivity index (χ0n) is 22.0. The fraction of sp³-hybridized carbons (Fsp3) is 0.462. The summed E-state index contributed by atoms with van der Waals surface area (Å²) < 4.78 is 36.7. The maximum absolute atomic E-state index is 13.4. The van der Waals surface area contributed by atoms with Crippen LogP contribution in [0.3, 0.4) is 0 Å². The molecule has 0 aliphatic rings. The van der Waals surface area contributed by atoms with Crippen LogP contribution in [0.5, 0.6) is 11.5 Å². The monoisotopic (exact) mass is 553 g/mol. The minimum atomic E-state index is -3.64. The number of carbonyl (C=O) groups excluding carboxylic acids is 2. The van der Waals surface area contributed by atoms with Crippen molar-refractivity contribution in [1.82, 2.24) is 10.2 Å². The Balaban J connectivity index is 2.24. The van der Waals surface area contributed by atoms with E-state index in [-0.39, 0.29) is 42.8 Å². The lowest BCUT2D eigenvalue weighted by molar-refractivity contribution is -0.141. The van der Waals surface area contributed by atoms with Gasteiger partial charge >= 0.3 is 0 Å². The number of carbonyl (C=O) groups is 2. The molecule has 1 unspecified atom stereocenters. The van der Waals surface area contributed by atoms with E-state index < -0.39 is 16.1 Å². The third-order valence-electron chi connectivity index (χ3n) is 5.80. The quantitative estimate of drug-likeness (QED) is 0.381. The molecular formula is C26H36ClN3O6S. The molecule has 204 valence electrons. The Labute approximate surface area is 224 Å². The van der Waals surface area contributed by atoms with Gasteiger partial charge in [0.2, 0.25) is 21.8 Å². The number of anilines is 1. The van der Waals surface area contributed by atoms with Crippen LogP contribution in [0.15, 0.2) is 42.5 Å². The first-order valence-electron chi connectivity index (χ1n) is 12.1. The Morgan fingerprint density at radius 3 is 2.38 bits per heavy atom. The van der Waals surface area contributed by atoms with Crippen molar-refractivity contribution in [1.29, 1.82) is 0 Å². The van der Waals surface area contributed by atoms with E-state index >= 15 is 0 Å². The van der Waals surface area contributed by atoms with Gasteiger partial charge in [-0.3, -0.25) is 13.9 Å². The number of hydrogen-bond acceptors (Lipinski definition) is 6. The highest BCUT2D eigenvalue weighted by molar-refractivity contribution is 7.92. The van der Waals surface area contributed by atoms with Gasteiger partial charge in [0, 0.05) is 26.1 Å². The average molecular weight is 554 g/mol. The van der Waals surface area contributed by atoms with Crippen molar-refractivity contribution >= 4 is 39.1 Å². The van der Waals surface area contributed by atoms with Crippen molar-refractivity contribution in [3.63, 3.8) is 0 Å². The predicted molar refractivity (Wildman–Crippen MR) is 146 cm³/mol. The van der Waals surface area contributed by atoms with Gasteiger partial charge in [-0.05, 0) is 55.7 Å². The van der Waals surface area contributed by atoms with E-state index in [9.17, 15) is 18.0 Å². The summed E-state index contributed by atoms with van der Waals surface area (Å²) in [5.41, 5.74) is 1.20. The van der Waals surface area contributed by atoms with Crippen LogP contribution in [-0.4, -0.2) is 64.7 Å². The zero-order valence-corrected chi connectivity index (χ0v) is 23.6. The van der Waals surface area contributed by atoms with Gasteiger partial charge in [0.25, 0.3) is 0 Å². The Hall–Kier alpha value is -2.98. The van der Waals surface area contributed by atoms with Crippen LogP contribution in [-0.2, 0) is 26.2 Å². The first-order chi connectivity index (χ1) is 17.5. The summed E-state index contributed by atoms with van der Waals surface area (Å²) in [7, 11) is -0.600. The van der Waals surface area contributed by atoms with E-state index in [1.165, 1.54) is 17.5 Å². The van der Waals surface area contributed by atoms with E-state index in [1.807, 2.05) is 38.1 Å². The molecular weight excluding hydrogens is 518 g/mol. The molecule has 1 N–H and O–H groups in total. The van der Waals surface area contributed by atoms with Crippen LogP contribution < -0.4 is 19.1 Å². The number of ether oxygens (including phenoxy) is 2. The van der Waals surface area contributed by atoms with Gasteiger partial charge in [-0.2, -0.15) is 0 Å². The standard InChI is InChI=1S/C26H36ClN3O6S/c1-6-23(26(32)28-7-2)29(18-19-10-8-11-21(16-19)35-3)25(31)12-9-15-30(37(5,33)34)20-13-14-24(36-4)22(27)17-20/h8,10-11,13-14,16-17,23H,6-7,9,12,15,18H2,1-5H3,(H,28,32). The van der Waals surface area contributed by atoms with Gasteiger partial charge in [0.1, 0.15) is 17.5 Å². The Kier molecular flexibility index (Phi) is 11.5. The second kappa shape index (κ2) is 14.1. The van der Waals surface area contributed by atoms with Crippen molar-refractivity contribution in [3.8, 4) is 11.5 Å². The van der Waals surface area contributed by atoms with Crippen LogP contribution in [0.1, 0.15) is 38.7 Å². The van der Waals surface area contributed by atoms with E-state index in [4.69, 9.17) is 21.1 Å². The largest absolute Gasteiger partial charge is 0.497 e. The fourth-order valence-electron chi connectivity index (χ4n) is 3.99. The summed E-state index contributed by atoms with van der Waals surface area (Å²) in [6.07, 6.45) is 1.83. The zero-order chi connectivity index (χ0) is 27.6. The summed E-state index contributed by atoms with van der Waals surface area (Å²) in [5.74, 6) is 0.602. The maximum Gasteiger partial charge on any atom is 0.242 e. The van der Waals surface area contributed by atoms with Crippen molar-refractivity contribution < 1.29 is 27.5 Å². The lowest BCUT2D eigenvalue weighted by atomic mass is 10.1. The van der Waals surface area contributed by atoms with Crippen molar-refractivity contribution in [2.24, 2.45) is 0 Å². The van der Waals surface area contributed by atoms with Crippen molar-refractivity contribution in [3.05, 3.63) is 53.1 Å². The number of halogens is 1. The van der Waals surface area contributed by atoms with Gasteiger partial charge in [-0.1, -0.05) is 30.7 Å². The van der Waals surface area contributed by atoms with Crippen LogP contribution in [0.4, 0.5) is 5.69 Å². The number of rotatable bonds is 14. The number of sulfonamides is 1. The van der Waals surface area contributed by atoms with Gasteiger partial charge < -0.3 is 19.7 Å². The average Bonchev–Trinajstić information content (AvgIpc) is 2.85. The van der Waals surface area contributed by atoms with Crippen molar-refractivity contribution in [2.75, 3.05) is 37.9 Å². The molecule has 11 heteroatoms. The Bertz CT molecular complexity index is 1170. The molecule has 2 amide bonds. The summed E-state index contributed by atoms with van der Waals surface area (Å²) in [6, 6.07) is 11.4. The molecule has 0 fully saturated rings.